The summed E-state index contributed by atoms with van der Waals surface area (Å²) in [7, 11) is 0. The number of nitrogens with two attached hydrogens (primary N) is 1. The number of amidine groups is 1. The molecule has 1 saturated carbocycles. The predicted octanol–water partition coefficient (Wildman–Crippen LogP) is -0.491. The standard InChI is InChI=1S/C9H14N6O2/c1-5(6-11-4-12-14-6)13-8(16)9(2-3-9)7(10)15-17/h4-5,17H,2-3H2,1H3,(H2,10,15)(H,13,16)(H,11,12,14). The zero-order valence-electron chi connectivity index (χ0n) is 9.34. The van der Waals surface area contributed by atoms with Crippen LogP contribution in [0.25, 0.3) is 0 Å². The monoisotopic (exact) mass is 238 g/mol. The lowest BCUT2D eigenvalue weighted by Gasteiger charge is -2.16. The van der Waals surface area contributed by atoms with Crippen LogP contribution in [-0.4, -0.2) is 32.1 Å². The molecule has 1 aromatic rings. The van der Waals surface area contributed by atoms with Gasteiger partial charge in [0.15, 0.2) is 5.84 Å². The summed E-state index contributed by atoms with van der Waals surface area (Å²) in [6, 6.07) is -0.297. The highest BCUT2D eigenvalue weighted by molar-refractivity contribution is 6.09. The Labute approximate surface area is 97.3 Å². The Morgan fingerprint density at radius 1 is 1.76 bits per heavy atom. The first-order chi connectivity index (χ1) is 8.10. The van der Waals surface area contributed by atoms with E-state index in [1.165, 1.54) is 6.33 Å². The molecule has 8 nitrogen and oxygen atoms in total. The maximum absolute atomic E-state index is 12.0. The highest BCUT2D eigenvalue weighted by Gasteiger charge is 2.54. The molecule has 0 spiro atoms. The van der Waals surface area contributed by atoms with Crippen LogP contribution in [0.15, 0.2) is 11.5 Å². The number of nitrogens with one attached hydrogen (secondary N) is 2. The van der Waals surface area contributed by atoms with Crippen molar-refractivity contribution < 1.29 is 10.0 Å². The molecule has 1 fully saturated rings. The number of hydrogen-bond donors (Lipinski definition) is 4. The van der Waals surface area contributed by atoms with E-state index in [9.17, 15) is 4.79 Å². The maximum atomic E-state index is 12.0. The van der Waals surface area contributed by atoms with Crippen LogP contribution in [-0.2, 0) is 4.79 Å². The number of carbonyl (C=O) groups is 1. The van der Waals surface area contributed by atoms with Gasteiger partial charge in [-0.3, -0.25) is 9.89 Å². The summed E-state index contributed by atoms with van der Waals surface area (Å²) >= 11 is 0. The maximum Gasteiger partial charge on any atom is 0.234 e. The molecule has 0 bridgehead atoms. The molecule has 1 aliphatic rings. The Morgan fingerprint density at radius 2 is 2.47 bits per heavy atom. The van der Waals surface area contributed by atoms with Gasteiger partial charge in [0.25, 0.3) is 0 Å². The molecule has 0 aromatic carbocycles. The molecule has 17 heavy (non-hydrogen) atoms. The lowest BCUT2D eigenvalue weighted by atomic mass is 10.0. The minimum Gasteiger partial charge on any atom is -0.409 e. The average Bonchev–Trinajstić information content (AvgIpc) is 2.95. The third-order valence-corrected chi connectivity index (χ3v) is 2.97. The van der Waals surface area contributed by atoms with Crippen molar-refractivity contribution >= 4 is 11.7 Å². The molecular weight excluding hydrogens is 224 g/mol. The molecule has 8 heteroatoms. The zero-order valence-corrected chi connectivity index (χ0v) is 9.34. The fraction of sp³-hybridized carbons (Fsp3) is 0.556. The van der Waals surface area contributed by atoms with Crippen molar-refractivity contribution in [2.45, 2.75) is 25.8 Å². The van der Waals surface area contributed by atoms with Gasteiger partial charge >= 0.3 is 0 Å². The lowest BCUT2D eigenvalue weighted by molar-refractivity contribution is -0.124. The van der Waals surface area contributed by atoms with Crippen LogP contribution in [0.5, 0.6) is 0 Å². The fourth-order valence-corrected chi connectivity index (χ4v) is 1.65. The molecule has 5 N–H and O–H groups in total. The summed E-state index contributed by atoms with van der Waals surface area (Å²) in [5.41, 5.74) is 4.67. The van der Waals surface area contributed by atoms with Gasteiger partial charge in [0.2, 0.25) is 5.91 Å². The van der Waals surface area contributed by atoms with E-state index < -0.39 is 5.41 Å². The summed E-state index contributed by atoms with van der Waals surface area (Å²) < 4.78 is 0. The quantitative estimate of drug-likeness (QED) is 0.243. The van der Waals surface area contributed by atoms with Gasteiger partial charge in [-0.25, -0.2) is 4.98 Å². The molecule has 0 saturated heterocycles. The van der Waals surface area contributed by atoms with Crippen molar-refractivity contribution in [2.24, 2.45) is 16.3 Å². The number of carbonyl (C=O) groups excluding carboxylic acids is 1. The van der Waals surface area contributed by atoms with E-state index in [-0.39, 0.29) is 17.8 Å². The van der Waals surface area contributed by atoms with Crippen LogP contribution in [0.3, 0.4) is 0 Å². The molecule has 1 atom stereocenters. The number of amides is 1. The van der Waals surface area contributed by atoms with Gasteiger partial charge in [0, 0.05) is 0 Å². The fourth-order valence-electron chi connectivity index (χ4n) is 1.65. The van der Waals surface area contributed by atoms with Crippen LogP contribution in [0.4, 0.5) is 0 Å². The highest BCUT2D eigenvalue weighted by Crippen LogP contribution is 2.46. The van der Waals surface area contributed by atoms with Crippen LogP contribution in [0, 0.1) is 5.41 Å². The molecular formula is C9H14N6O2. The van der Waals surface area contributed by atoms with E-state index in [4.69, 9.17) is 10.9 Å². The van der Waals surface area contributed by atoms with Crippen molar-refractivity contribution in [1.29, 1.82) is 0 Å². The minimum atomic E-state index is -0.844. The summed E-state index contributed by atoms with van der Waals surface area (Å²) in [5, 5.41) is 20.7. The second-order valence-corrected chi connectivity index (χ2v) is 4.13. The van der Waals surface area contributed by atoms with Crippen LogP contribution in [0.1, 0.15) is 31.6 Å². The third kappa shape index (κ3) is 1.93. The first-order valence-electron chi connectivity index (χ1n) is 5.24. The number of oxime groups is 1. The van der Waals surface area contributed by atoms with Crippen molar-refractivity contribution in [2.75, 3.05) is 0 Å². The van der Waals surface area contributed by atoms with Crippen LogP contribution >= 0.6 is 0 Å². The molecule has 0 radical (unpaired) electrons. The Kier molecular flexibility index (Phi) is 2.70. The van der Waals surface area contributed by atoms with E-state index >= 15 is 0 Å². The Bertz CT molecular complexity index is 436. The van der Waals surface area contributed by atoms with Gasteiger partial charge in [-0.2, -0.15) is 5.10 Å². The first kappa shape index (κ1) is 11.4. The Hall–Kier alpha value is -2.12. The van der Waals surface area contributed by atoms with E-state index in [2.05, 4.69) is 25.7 Å². The van der Waals surface area contributed by atoms with Crippen LogP contribution in [0.2, 0.25) is 0 Å². The largest absolute Gasteiger partial charge is 0.409 e. The third-order valence-electron chi connectivity index (χ3n) is 2.97. The number of H-pyrrole nitrogens is 1. The van der Waals surface area contributed by atoms with Crippen LogP contribution < -0.4 is 11.1 Å². The van der Waals surface area contributed by atoms with Gasteiger partial charge in [0.1, 0.15) is 17.6 Å². The number of nitrogens with zero attached hydrogens (tertiary/aromatic N) is 3. The van der Waals surface area contributed by atoms with Crippen molar-refractivity contribution in [3.63, 3.8) is 0 Å². The normalized spacial score (nSPS) is 19.7. The summed E-state index contributed by atoms with van der Waals surface area (Å²) in [5.74, 6) is 0.269. The van der Waals surface area contributed by atoms with Gasteiger partial charge in [-0.1, -0.05) is 5.16 Å². The minimum absolute atomic E-state index is 0.0419. The van der Waals surface area contributed by atoms with Gasteiger partial charge in [-0.15, -0.1) is 0 Å². The van der Waals surface area contributed by atoms with Crippen molar-refractivity contribution in [1.82, 2.24) is 20.5 Å². The molecule has 1 aromatic heterocycles. The average molecular weight is 238 g/mol. The van der Waals surface area contributed by atoms with E-state index in [0.29, 0.717) is 18.7 Å². The predicted molar refractivity (Wildman–Crippen MR) is 58.0 cm³/mol. The molecule has 2 rings (SSSR count). The SMILES string of the molecule is CC(NC(=O)C1(C(N)=NO)CC1)c1ncn[nH]1. The second-order valence-electron chi connectivity index (χ2n) is 4.13. The van der Waals surface area contributed by atoms with Gasteiger partial charge in [0.05, 0.1) is 6.04 Å². The molecule has 92 valence electrons. The number of aromatic amines is 1. The van der Waals surface area contributed by atoms with Crippen molar-refractivity contribution in [3.05, 3.63) is 12.2 Å². The van der Waals surface area contributed by atoms with Crippen molar-refractivity contribution in [3.8, 4) is 0 Å². The topological polar surface area (TPSA) is 129 Å². The van der Waals surface area contributed by atoms with E-state index in [1.807, 2.05) is 0 Å². The Balaban J connectivity index is 2.03. The first-order valence-corrected chi connectivity index (χ1v) is 5.24. The summed E-state index contributed by atoms with van der Waals surface area (Å²) in [6.45, 7) is 1.78. The Morgan fingerprint density at radius 3 is 2.94 bits per heavy atom. The molecule has 1 aliphatic carbocycles. The molecule has 0 aliphatic heterocycles. The zero-order chi connectivity index (χ0) is 12.5. The lowest BCUT2D eigenvalue weighted by Crippen LogP contribution is -2.41. The van der Waals surface area contributed by atoms with Gasteiger partial charge in [-0.05, 0) is 19.8 Å². The molecule has 1 amide bonds. The summed E-state index contributed by atoms with van der Waals surface area (Å²) in [6.07, 6.45) is 2.56. The second kappa shape index (κ2) is 4.04. The number of aromatic nitrogens is 3. The summed E-state index contributed by atoms with van der Waals surface area (Å²) in [4.78, 5) is 15.9. The molecule has 1 heterocycles. The number of hydrogen-bond acceptors (Lipinski definition) is 5. The van der Waals surface area contributed by atoms with E-state index in [1.54, 1.807) is 6.92 Å². The highest BCUT2D eigenvalue weighted by atomic mass is 16.4. The smallest absolute Gasteiger partial charge is 0.234 e. The van der Waals surface area contributed by atoms with Gasteiger partial charge < -0.3 is 16.3 Å². The van der Waals surface area contributed by atoms with E-state index in [0.717, 1.165) is 0 Å². The number of rotatable bonds is 4. The molecule has 1 unspecified atom stereocenters.